The van der Waals surface area contributed by atoms with Crippen molar-refractivity contribution in [1.82, 2.24) is 10.3 Å². The molecule has 1 heterocycles. The molecule has 0 fully saturated rings. The van der Waals surface area contributed by atoms with Crippen LogP contribution in [0.3, 0.4) is 0 Å². The molecule has 1 aromatic carbocycles. The van der Waals surface area contributed by atoms with Gasteiger partial charge in [-0.05, 0) is 31.5 Å². The monoisotopic (exact) mass is 309 g/mol. The van der Waals surface area contributed by atoms with E-state index in [-0.39, 0.29) is 18.5 Å². The van der Waals surface area contributed by atoms with Crippen molar-refractivity contribution in [3.63, 3.8) is 0 Å². The molecule has 0 radical (unpaired) electrons. The van der Waals surface area contributed by atoms with Crippen molar-refractivity contribution in [2.24, 2.45) is 0 Å². The van der Waals surface area contributed by atoms with Gasteiger partial charge in [0.2, 0.25) is 5.91 Å². The van der Waals surface area contributed by atoms with Crippen LogP contribution in [0.1, 0.15) is 23.5 Å². The van der Waals surface area contributed by atoms with Crippen LogP contribution in [0.2, 0.25) is 5.02 Å². The van der Waals surface area contributed by atoms with Gasteiger partial charge in [0.15, 0.2) is 0 Å². The molecule has 1 aromatic heterocycles. The van der Waals surface area contributed by atoms with Crippen molar-refractivity contribution >= 4 is 34.5 Å². The summed E-state index contributed by atoms with van der Waals surface area (Å²) in [4.78, 5) is 16.1. The Morgan fingerprint density at radius 3 is 3.00 bits per heavy atom. The van der Waals surface area contributed by atoms with E-state index < -0.39 is 0 Å². The maximum absolute atomic E-state index is 11.9. The summed E-state index contributed by atoms with van der Waals surface area (Å²) in [5.41, 5.74) is 1.72. The van der Waals surface area contributed by atoms with Gasteiger partial charge in [0, 0.05) is 22.3 Å². The van der Waals surface area contributed by atoms with Crippen molar-refractivity contribution in [3.05, 3.63) is 45.4 Å². The molecule has 0 aliphatic heterocycles. The Bertz CT molecular complexity index is 586. The lowest BCUT2D eigenvalue weighted by atomic mass is 10.2. The minimum absolute atomic E-state index is 0.0567. The van der Waals surface area contributed by atoms with Gasteiger partial charge in [-0.2, -0.15) is 0 Å². The van der Waals surface area contributed by atoms with Crippen LogP contribution in [-0.4, -0.2) is 17.4 Å². The summed E-state index contributed by atoms with van der Waals surface area (Å²) in [7, 11) is 0. The third-order valence-corrected chi connectivity index (χ3v) is 4.06. The maximum Gasteiger partial charge on any atom is 0.238 e. The molecule has 0 saturated heterocycles. The molecule has 20 heavy (non-hydrogen) atoms. The Kier molecular flexibility index (Phi) is 5.11. The predicted molar refractivity (Wildman–Crippen MR) is 83.4 cm³/mol. The zero-order valence-electron chi connectivity index (χ0n) is 11.3. The van der Waals surface area contributed by atoms with Crippen LogP contribution < -0.4 is 10.6 Å². The van der Waals surface area contributed by atoms with Gasteiger partial charge in [0.05, 0.1) is 12.6 Å². The lowest BCUT2D eigenvalue weighted by molar-refractivity contribution is -0.115. The summed E-state index contributed by atoms with van der Waals surface area (Å²) in [6.07, 6.45) is 1.76. The van der Waals surface area contributed by atoms with Crippen molar-refractivity contribution in [2.75, 3.05) is 11.9 Å². The van der Waals surface area contributed by atoms with Crippen LogP contribution >= 0.6 is 22.9 Å². The molecule has 2 N–H and O–H groups in total. The van der Waals surface area contributed by atoms with E-state index in [2.05, 4.69) is 15.6 Å². The number of aromatic nitrogens is 1. The number of halogens is 1. The highest BCUT2D eigenvalue weighted by atomic mass is 35.5. The van der Waals surface area contributed by atoms with Gasteiger partial charge < -0.3 is 5.32 Å². The fraction of sp³-hybridized carbons (Fsp3) is 0.286. The Morgan fingerprint density at radius 1 is 1.50 bits per heavy atom. The highest BCUT2D eigenvalue weighted by molar-refractivity contribution is 7.09. The van der Waals surface area contributed by atoms with Gasteiger partial charge in [-0.1, -0.05) is 17.7 Å². The molecule has 0 bridgehead atoms. The third kappa shape index (κ3) is 4.03. The van der Waals surface area contributed by atoms with Gasteiger partial charge in [-0.3, -0.25) is 10.1 Å². The molecule has 2 rings (SSSR count). The first-order valence-corrected chi connectivity index (χ1v) is 7.51. The standard InChI is InChI=1S/C14H16ClN3OS/c1-9-3-4-11(15)7-12(9)18-13(19)8-17-10(2)14-16-5-6-20-14/h3-7,10,17H,8H2,1-2H3,(H,18,19). The van der Waals surface area contributed by atoms with Crippen LogP contribution in [0.25, 0.3) is 0 Å². The zero-order valence-corrected chi connectivity index (χ0v) is 12.9. The number of carbonyl (C=O) groups excluding carboxylic acids is 1. The normalized spacial score (nSPS) is 12.2. The average molecular weight is 310 g/mol. The van der Waals surface area contributed by atoms with E-state index >= 15 is 0 Å². The summed E-state index contributed by atoms with van der Waals surface area (Å²) in [6, 6.07) is 5.49. The smallest absolute Gasteiger partial charge is 0.238 e. The van der Waals surface area contributed by atoms with Crippen molar-refractivity contribution < 1.29 is 4.79 Å². The molecule has 0 spiro atoms. The van der Waals surface area contributed by atoms with E-state index in [4.69, 9.17) is 11.6 Å². The Hall–Kier alpha value is -1.43. The number of nitrogens with zero attached hydrogens (tertiary/aromatic N) is 1. The van der Waals surface area contributed by atoms with Crippen LogP contribution in [0.15, 0.2) is 29.8 Å². The van der Waals surface area contributed by atoms with Crippen LogP contribution in [0.5, 0.6) is 0 Å². The number of nitrogens with one attached hydrogen (secondary N) is 2. The Morgan fingerprint density at radius 2 is 2.30 bits per heavy atom. The first kappa shape index (κ1) is 15.0. The largest absolute Gasteiger partial charge is 0.325 e. The van der Waals surface area contributed by atoms with Gasteiger partial charge in [0.1, 0.15) is 5.01 Å². The molecule has 0 aliphatic rings. The molecule has 1 atom stereocenters. The number of aryl methyl sites for hydroxylation is 1. The number of hydrogen-bond donors (Lipinski definition) is 2. The first-order chi connectivity index (χ1) is 9.56. The van der Waals surface area contributed by atoms with E-state index in [1.807, 2.05) is 25.3 Å². The van der Waals surface area contributed by atoms with Crippen molar-refractivity contribution in [2.45, 2.75) is 19.9 Å². The predicted octanol–water partition coefficient (Wildman–Crippen LogP) is 3.39. The molecule has 0 saturated carbocycles. The minimum Gasteiger partial charge on any atom is -0.325 e. The average Bonchev–Trinajstić information content (AvgIpc) is 2.94. The second-order valence-electron chi connectivity index (χ2n) is 4.48. The number of amides is 1. The van der Waals surface area contributed by atoms with E-state index in [9.17, 15) is 4.79 Å². The number of thiazole rings is 1. The number of anilines is 1. The fourth-order valence-corrected chi connectivity index (χ4v) is 2.55. The molecular weight excluding hydrogens is 294 g/mol. The molecule has 4 nitrogen and oxygen atoms in total. The highest BCUT2D eigenvalue weighted by Gasteiger charge is 2.10. The topological polar surface area (TPSA) is 54.0 Å². The van der Waals surface area contributed by atoms with Crippen LogP contribution in [0.4, 0.5) is 5.69 Å². The van der Waals surface area contributed by atoms with Gasteiger partial charge in [0.25, 0.3) is 0 Å². The first-order valence-electron chi connectivity index (χ1n) is 6.25. The molecular formula is C14H16ClN3OS. The number of hydrogen-bond acceptors (Lipinski definition) is 4. The summed E-state index contributed by atoms with van der Waals surface area (Å²) < 4.78 is 0. The van der Waals surface area contributed by atoms with E-state index in [1.54, 1.807) is 29.7 Å². The maximum atomic E-state index is 11.9. The summed E-state index contributed by atoms with van der Waals surface area (Å²) >= 11 is 7.49. The van der Waals surface area contributed by atoms with Crippen LogP contribution in [0, 0.1) is 6.92 Å². The third-order valence-electron chi connectivity index (χ3n) is 2.86. The van der Waals surface area contributed by atoms with E-state index in [1.165, 1.54) is 0 Å². The van der Waals surface area contributed by atoms with Gasteiger partial charge in [-0.15, -0.1) is 11.3 Å². The lowest BCUT2D eigenvalue weighted by Crippen LogP contribution is -2.30. The van der Waals surface area contributed by atoms with E-state index in [0.717, 1.165) is 16.3 Å². The number of benzene rings is 1. The highest BCUT2D eigenvalue weighted by Crippen LogP contribution is 2.20. The summed E-state index contributed by atoms with van der Waals surface area (Å²) in [5, 5.41) is 9.49. The fourth-order valence-electron chi connectivity index (χ4n) is 1.70. The molecule has 1 unspecified atom stereocenters. The minimum atomic E-state index is -0.0984. The molecule has 2 aromatic rings. The second kappa shape index (κ2) is 6.83. The van der Waals surface area contributed by atoms with Crippen molar-refractivity contribution in [3.8, 4) is 0 Å². The lowest BCUT2D eigenvalue weighted by Gasteiger charge is -2.12. The molecule has 6 heteroatoms. The molecule has 0 aliphatic carbocycles. The summed E-state index contributed by atoms with van der Waals surface area (Å²) in [6.45, 7) is 4.14. The number of rotatable bonds is 5. The van der Waals surface area contributed by atoms with Crippen LogP contribution in [-0.2, 0) is 4.79 Å². The van der Waals surface area contributed by atoms with E-state index in [0.29, 0.717) is 5.02 Å². The second-order valence-corrected chi connectivity index (χ2v) is 5.84. The molecule has 106 valence electrons. The van der Waals surface area contributed by atoms with Crippen molar-refractivity contribution in [1.29, 1.82) is 0 Å². The Balaban J connectivity index is 1.88. The van der Waals surface area contributed by atoms with Gasteiger partial charge >= 0.3 is 0 Å². The summed E-state index contributed by atoms with van der Waals surface area (Å²) in [5.74, 6) is -0.0984. The SMILES string of the molecule is Cc1ccc(Cl)cc1NC(=O)CNC(C)c1nccs1. The molecule has 1 amide bonds. The van der Waals surface area contributed by atoms with Gasteiger partial charge in [-0.25, -0.2) is 4.98 Å². The number of carbonyl (C=O) groups is 1. The Labute approximate surface area is 127 Å². The quantitative estimate of drug-likeness (QED) is 0.890. The zero-order chi connectivity index (χ0) is 14.5.